The van der Waals surface area contributed by atoms with Crippen LogP contribution in [-0.2, 0) is 18.3 Å². The van der Waals surface area contributed by atoms with Gasteiger partial charge < -0.3 is 15.6 Å². The summed E-state index contributed by atoms with van der Waals surface area (Å²) in [6.45, 7) is 4.30. The molecular weight excluding hydrogens is 362 g/mol. The molecule has 4 rings (SSSR count). The number of nitrogens with zero attached hydrogens (tertiary/aromatic N) is 2. The number of amides is 1. The highest BCUT2D eigenvalue weighted by molar-refractivity contribution is 5.86. The standard InChI is InChI=1S/C20H25N5O.ClH/c1-13-4-3-5-16-14(8-23-19(13)16)6-7-22-20(26)18-11-21-10-17(18)15-9-24-25(2)12-15;/h3-5,8-9,12,17-18,21,23H,6-7,10-11H2,1-2H3,(H,22,26);1H/t17-,18+;/m1./s1. The highest BCUT2D eigenvalue weighted by Crippen LogP contribution is 2.28. The van der Waals surface area contributed by atoms with E-state index in [1.54, 1.807) is 4.68 Å². The number of aryl methyl sites for hydroxylation is 2. The van der Waals surface area contributed by atoms with Gasteiger partial charge in [0.15, 0.2) is 0 Å². The third-order valence-corrected chi connectivity index (χ3v) is 5.41. The summed E-state index contributed by atoms with van der Waals surface area (Å²) in [7, 11) is 1.91. The molecule has 6 nitrogen and oxygen atoms in total. The number of carbonyl (C=O) groups is 1. The van der Waals surface area contributed by atoms with Crippen molar-refractivity contribution in [3.05, 3.63) is 53.5 Å². The largest absolute Gasteiger partial charge is 0.361 e. The minimum atomic E-state index is -0.0376. The Labute approximate surface area is 165 Å². The maximum atomic E-state index is 12.7. The van der Waals surface area contributed by atoms with E-state index in [-0.39, 0.29) is 30.2 Å². The molecule has 1 amide bonds. The first-order valence-electron chi connectivity index (χ1n) is 9.16. The van der Waals surface area contributed by atoms with Crippen molar-refractivity contribution < 1.29 is 4.79 Å². The summed E-state index contributed by atoms with van der Waals surface area (Å²) < 4.78 is 1.79. The Bertz CT molecular complexity index is 931. The van der Waals surface area contributed by atoms with E-state index >= 15 is 0 Å². The lowest BCUT2D eigenvalue weighted by atomic mass is 9.90. The van der Waals surface area contributed by atoms with Crippen molar-refractivity contribution >= 4 is 29.2 Å². The number of rotatable bonds is 5. The van der Waals surface area contributed by atoms with Gasteiger partial charge in [-0.3, -0.25) is 9.48 Å². The van der Waals surface area contributed by atoms with Gasteiger partial charge in [0.1, 0.15) is 0 Å². The number of benzene rings is 1. The molecule has 2 aromatic heterocycles. The van der Waals surface area contributed by atoms with Gasteiger partial charge in [0, 0.05) is 55.9 Å². The van der Waals surface area contributed by atoms with Crippen LogP contribution in [0, 0.1) is 12.8 Å². The van der Waals surface area contributed by atoms with Crippen LogP contribution in [0.15, 0.2) is 36.8 Å². The van der Waals surface area contributed by atoms with Gasteiger partial charge in [0.05, 0.1) is 12.1 Å². The van der Waals surface area contributed by atoms with Gasteiger partial charge in [-0.05, 0) is 30.0 Å². The molecule has 0 radical (unpaired) electrons. The number of nitrogens with one attached hydrogen (secondary N) is 3. The Morgan fingerprint density at radius 3 is 3.00 bits per heavy atom. The van der Waals surface area contributed by atoms with E-state index in [0.29, 0.717) is 6.54 Å². The average Bonchev–Trinajstić information content (AvgIpc) is 3.34. The molecular formula is C20H26ClN5O. The Hall–Kier alpha value is -2.31. The molecule has 1 aliphatic heterocycles. The minimum Gasteiger partial charge on any atom is -0.361 e. The van der Waals surface area contributed by atoms with Crippen molar-refractivity contribution in [2.24, 2.45) is 13.0 Å². The molecule has 0 bridgehead atoms. The molecule has 1 saturated heterocycles. The molecule has 0 spiro atoms. The smallest absolute Gasteiger partial charge is 0.225 e. The van der Waals surface area contributed by atoms with E-state index in [0.717, 1.165) is 25.1 Å². The maximum Gasteiger partial charge on any atom is 0.225 e. The lowest BCUT2D eigenvalue weighted by Crippen LogP contribution is -2.35. The first kappa shape index (κ1) is 19.5. The highest BCUT2D eigenvalue weighted by atomic mass is 35.5. The van der Waals surface area contributed by atoms with Gasteiger partial charge in [0.2, 0.25) is 5.91 Å². The molecule has 1 aromatic carbocycles. The summed E-state index contributed by atoms with van der Waals surface area (Å²) in [5.74, 6) is 0.281. The first-order chi connectivity index (χ1) is 12.6. The predicted molar refractivity (Wildman–Crippen MR) is 109 cm³/mol. The number of fused-ring (bicyclic) bond motifs is 1. The van der Waals surface area contributed by atoms with Crippen LogP contribution in [0.3, 0.4) is 0 Å². The quantitative estimate of drug-likeness (QED) is 0.628. The van der Waals surface area contributed by atoms with Gasteiger partial charge in [-0.2, -0.15) is 5.10 Å². The second kappa shape index (κ2) is 8.15. The van der Waals surface area contributed by atoms with E-state index in [9.17, 15) is 4.79 Å². The topological polar surface area (TPSA) is 74.7 Å². The molecule has 144 valence electrons. The molecule has 3 aromatic rings. The van der Waals surface area contributed by atoms with Gasteiger partial charge >= 0.3 is 0 Å². The number of aromatic amines is 1. The average molecular weight is 388 g/mol. The molecule has 7 heteroatoms. The lowest BCUT2D eigenvalue weighted by molar-refractivity contribution is -0.124. The van der Waals surface area contributed by atoms with Crippen LogP contribution in [0.4, 0.5) is 0 Å². The van der Waals surface area contributed by atoms with Crippen molar-refractivity contribution in [1.82, 2.24) is 25.4 Å². The minimum absolute atomic E-state index is 0. The van der Waals surface area contributed by atoms with Crippen molar-refractivity contribution in [2.75, 3.05) is 19.6 Å². The van der Waals surface area contributed by atoms with Crippen LogP contribution in [0.1, 0.15) is 22.6 Å². The summed E-state index contributed by atoms with van der Waals surface area (Å²) in [6.07, 6.45) is 6.75. The van der Waals surface area contributed by atoms with E-state index in [4.69, 9.17) is 0 Å². The third-order valence-electron chi connectivity index (χ3n) is 5.41. The molecule has 1 fully saturated rings. The number of H-pyrrole nitrogens is 1. The number of hydrogen-bond donors (Lipinski definition) is 3. The molecule has 0 saturated carbocycles. The summed E-state index contributed by atoms with van der Waals surface area (Å²) in [6, 6.07) is 6.32. The fourth-order valence-electron chi connectivity index (χ4n) is 3.96. The van der Waals surface area contributed by atoms with E-state index in [1.807, 2.05) is 19.4 Å². The Morgan fingerprint density at radius 1 is 1.37 bits per heavy atom. The van der Waals surface area contributed by atoms with Crippen LogP contribution in [0.25, 0.3) is 10.9 Å². The predicted octanol–water partition coefficient (Wildman–Crippen LogP) is 2.29. The lowest BCUT2D eigenvalue weighted by Gasteiger charge is -2.17. The van der Waals surface area contributed by atoms with Gasteiger partial charge in [-0.25, -0.2) is 0 Å². The van der Waals surface area contributed by atoms with Crippen LogP contribution in [-0.4, -0.2) is 40.3 Å². The molecule has 27 heavy (non-hydrogen) atoms. The zero-order valence-corrected chi connectivity index (χ0v) is 16.5. The van der Waals surface area contributed by atoms with E-state index < -0.39 is 0 Å². The zero-order chi connectivity index (χ0) is 18.1. The summed E-state index contributed by atoms with van der Waals surface area (Å²) >= 11 is 0. The maximum absolute atomic E-state index is 12.7. The van der Waals surface area contributed by atoms with Crippen LogP contribution in [0.5, 0.6) is 0 Å². The fourth-order valence-corrected chi connectivity index (χ4v) is 3.96. The monoisotopic (exact) mass is 387 g/mol. The van der Waals surface area contributed by atoms with Gasteiger partial charge in [0.25, 0.3) is 0 Å². The summed E-state index contributed by atoms with van der Waals surface area (Å²) in [5, 5.41) is 12.0. The third kappa shape index (κ3) is 3.87. The van der Waals surface area contributed by atoms with Crippen molar-refractivity contribution in [1.29, 1.82) is 0 Å². The molecule has 3 heterocycles. The summed E-state index contributed by atoms with van der Waals surface area (Å²) in [4.78, 5) is 16.0. The zero-order valence-electron chi connectivity index (χ0n) is 15.7. The molecule has 0 unspecified atom stereocenters. The van der Waals surface area contributed by atoms with E-state index in [1.165, 1.54) is 22.0 Å². The van der Waals surface area contributed by atoms with Crippen molar-refractivity contribution in [2.45, 2.75) is 19.3 Å². The van der Waals surface area contributed by atoms with Gasteiger partial charge in [-0.15, -0.1) is 12.4 Å². The number of hydrogen-bond acceptors (Lipinski definition) is 3. The second-order valence-corrected chi connectivity index (χ2v) is 7.17. The van der Waals surface area contributed by atoms with Crippen molar-refractivity contribution in [3.8, 4) is 0 Å². The number of aromatic nitrogens is 3. The Kier molecular flexibility index (Phi) is 5.87. The van der Waals surface area contributed by atoms with Crippen LogP contribution >= 0.6 is 12.4 Å². The molecule has 1 aliphatic rings. The second-order valence-electron chi connectivity index (χ2n) is 7.17. The molecule has 2 atom stereocenters. The fraction of sp³-hybridized carbons (Fsp3) is 0.400. The van der Waals surface area contributed by atoms with Crippen molar-refractivity contribution in [3.63, 3.8) is 0 Å². The Morgan fingerprint density at radius 2 is 2.22 bits per heavy atom. The normalized spacial score (nSPS) is 19.2. The summed E-state index contributed by atoms with van der Waals surface area (Å²) in [5.41, 5.74) is 4.81. The number of carbonyl (C=O) groups excluding carboxylic acids is 1. The van der Waals surface area contributed by atoms with Crippen LogP contribution in [0.2, 0.25) is 0 Å². The van der Waals surface area contributed by atoms with E-state index in [2.05, 4.69) is 52.0 Å². The highest BCUT2D eigenvalue weighted by Gasteiger charge is 2.34. The SMILES string of the molecule is Cc1cccc2c(CCNC(=O)[C@H]3CNC[C@@H]3c3cnn(C)c3)c[nH]c12.Cl. The number of halogens is 1. The van der Waals surface area contributed by atoms with Crippen LogP contribution < -0.4 is 10.6 Å². The Balaban J connectivity index is 0.00000210. The number of para-hydroxylation sites is 1. The molecule has 3 N–H and O–H groups in total. The van der Waals surface area contributed by atoms with Gasteiger partial charge in [-0.1, -0.05) is 18.2 Å². The molecule has 0 aliphatic carbocycles. The first-order valence-corrected chi connectivity index (χ1v) is 9.16.